The maximum absolute atomic E-state index is 13.2. The molecule has 0 aliphatic carbocycles. The Morgan fingerprint density at radius 2 is 1.76 bits per heavy atom. The van der Waals surface area contributed by atoms with Crippen molar-refractivity contribution < 1.29 is 23.5 Å². The van der Waals surface area contributed by atoms with E-state index in [-0.39, 0.29) is 18.2 Å². The molecule has 1 rings (SSSR count). The summed E-state index contributed by atoms with van der Waals surface area (Å²) in [6.45, 7) is 12.5. The van der Waals surface area contributed by atoms with Gasteiger partial charge in [-0.2, -0.15) is 0 Å². The number of carbonyl (C=O) groups is 2. The van der Waals surface area contributed by atoms with Crippen LogP contribution < -0.4 is 0 Å². The Kier molecular flexibility index (Phi) is 7.15. The lowest BCUT2D eigenvalue weighted by molar-refractivity contribution is -0.163. The molecule has 4 nitrogen and oxygen atoms in total. The molecule has 0 bridgehead atoms. The fourth-order valence-electron chi connectivity index (χ4n) is 2.52. The standard InChI is InChI=1S/C20H29FO4/c1-12-10-16(21)8-9-17(12)14(3)15(4)24-19(23)13(2)11-18(22)25-20(5,6)7/h8-10,13-15H,11H2,1-7H3/t13-,14+,15+/m0/s1. The van der Waals surface area contributed by atoms with Gasteiger partial charge in [0.15, 0.2) is 0 Å². The second kappa shape index (κ2) is 8.45. The fraction of sp³-hybridized carbons (Fsp3) is 0.600. The summed E-state index contributed by atoms with van der Waals surface area (Å²) in [5, 5.41) is 0. The highest BCUT2D eigenvalue weighted by Gasteiger charge is 2.26. The number of hydrogen-bond acceptors (Lipinski definition) is 4. The zero-order chi connectivity index (χ0) is 19.4. The molecule has 0 fully saturated rings. The second-order valence-electron chi connectivity index (χ2n) is 7.62. The molecule has 0 aliphatic rings. The number of hydrogen-bond donors (Lipinski definition) is 0. The minimum atomic E-state index is -0.584. The quantitative estimate of drug-likeness (QED) is 0.706. The van der Waals surface area contributed by atoms with Crippen molar-refractivity contribution in [3.63, 3.8) is 0 Å². The average Bonchev–Trinajstić information content (AvgIpc) is 2.44. The Balaban J connectivity index is 2.64. The van der Waals surface area contributed by atoms with E-state index in [1.165, 1.54) is 12.1 Å². The Hall–Kier alpha value is -1.91. The van der Waals surface area contributed by atoms with Gasteiger partial charge in [-0.3, -0.25) is 9.59 Å². The molecule has 0 radical (unpaired) electrons. The maximum Gasteiger partial charge on any atom is 0.309 e. The summed E-state index contributed by atoms with van der Waals surface area (Å²) in [7, 11) is 0. The number of rotatable bonds is 6. The van der Waals surface area contributed by atoms with Gasteiger partial charge in [0.1, 0.15) is 17.5 Å². The molecule has 0 heterocycles. The molecular weight excluding hydrogens is 323 g/mol. The molecule has 1 aromatic rings. The van der Waals surface area contributed by atoms with E-state index in [2.05, 4.69) is 0 Å². The van der Waals surface area contributed by atoms with Crippen molar-refractivity contribution in [1.29, 1.82) is 0 Å². The van der Waals surface area contributed by atoms with Crippen molar-refractivity contribution >= 4 is 11.9 Å². The van der Waals surface area contributed by atoms with Crippen molar-refractivity contribution in [2.45, 2.75) is 72.5 Å². The number of halogens is 1. The van der Waals surface area contributed by atoms with Crippen LogP contribution in [-0.4, -0.2) is 23.6 Å². The van der Waals surface area contributed by atoms with Crippen LogP contribution in [0.5, 0.6) is 0 Å². The third kappa shape index (κ3) is 6.85. The highest BCUT2D eigenvalue weighted by molar-refractivity contribution is 5.79. The van der Waals surface area contributed by atoms with Gasteiger partial charge < -0.3 is 9.47 Å². The summed E-state index contributed by atoms with van der Waals surface area (Å²) in [6.07, 6.45) is -0.412. The lowest BCUT2D eigenvalue weighted by Crippen LogP contribution is -2.29. The van der Waals surface area contributed by atoms with E-state index in [4.69, 9.17) is 9.47 Å². The van der Waals surface area contributed by atoms with Crippen LogP contribution in [0.15, 0.2) is 18.2 Å². The first-order chi connectivity index (χ1) is 11.4. The predicted molar refractivity (Wildman–Crippen MR) is 94.7 cm³/mol. The zero-order valence-electron chi connectivity index (χ0n) is 16.2. The molecule has 0 saturated heterocycles. The minimum absolute atomic E-state index is 0.0211. The van der Waals surface area contributed by atoms with E-state index < -0.39 is 29.6 Å². The van der Waals surface area contributed by atoms with Gasteiger partial charge in [0.05, 0.1) is 12.3 Å². The van der Waals surface area contributed by atoms with Crippen molar-refractivity contribution in [3.05, 3.63) is 35.1 Å². The summed E-state index contributed by atoms with van der Waals surface area (Å²) < 4.78 is 24.0. The van der Waals surface area contributed by atoms with E-state index in [1.807, 2.05) is 13.8 Å². The molecule has 140 valence electrons. The number of carbonyl (C=O) groups excluding carboxylic acids is 2. The lowest BCUT2D eigenvalue weighted by atomic mass is 9.92. The Labute approximate surface area is 149 Å². The van der Waals surface area contributed by atoms with Crippen LogP contribution in [0, 0.1) is 18.7 Å². The van der Waals surface area contributed by atoms with Crippen LogP contribution >= 0.6 is 0 Å². The molecule has 3 atom stereocenters. The van der Waals surface area contributed by atoms with Crippen molar-refractivity contribution in [2.24, 2.45) is 5.92 Å². The van der Waals surface area contributed by atoms with Gasteiger partial charge in [0, 0.05) is 5.92 Å². The van der Waals surface area contributed by atoms with Crippen LogP contribution in [0.2, 0.25) is 0 Å². The van der Waals surface area contributed by atoms with Crippen molar-refractivity contribution in [2.75, 3.05) is 0 Å². The van der Waals surface area contributed by atoms with E-state index in [0.29, 0.717) is 0 Å². The maximum atomic E-state index is 13.2. The van der Waals surface area contributed by atoms with Gasteiger partial charge in [0.2, 0.25) is 0 Å². The first kappa shape index (κ1) is 21.1. The van der Waals surface area contributed by atoms with Gasteiger partial charge in [-0.05, 0) is 57.9 Å². The summed E-state index contributed by atoms with van der Waals surface area (Å²) >= 11 is 0. The van der Waals surface area contributed by atoms with Gasteiger partial charge in [-0.15, -0.1) is 0 Å². The molecular formula is C20H29FO4. The van der Waals surface area contributed by atoms with Gasteiger partial charge in [-0.1, -0.05) is 19.9 Å². The molecule has 0 aliphatic heterocycles. The third-order valence-corrected chi connectivity index (χ3v) is 4.02. The largest absolute Gasteiger partial charge is 0.462 e. The van der Waals surface area contributed by atoms with Crippen LogP contribution in [-0.2, 0) is 19.1 Å². The summed E-state index contributed by atoms with van der Waals surface area (Å²) in [6, 6.07) is 4.58. The highest BCUT2D eigenvalue weighted by atomic mass is 19.1. The van der Waals surface area contributed by atoms with Gasteiger partial charge >= 0.3 is 11.9 Å². The van der Waals surface area contributed by atoms with Crippen LogP contribution in [0.25, 0.3) is 0 Å². The lowest BCUT2D eigenvalue weighted by Gasteiger charge is -2.24. The molecule has 1 aromatic carbocycles. The third-order valence-electron chi connectivity index (χ3n) is 4.02. The number of benzene rings is 1. The molecule has 25 heavy (non-hydrogen) atoms. The first-order valence-electron chi connectivity index (χ1n) is 8.59. The minimum Gasteiger partial charge on any atom is -0.462 e. The number of ether oxygens (including phenoxy) is 2. The molecule has 0 amide bonds. The smallest absolute Gasteiger partial charge is 0.309 e. The number of aryl methyl sites for hydroxylation is 1. The molecule has 0 saturated carbocycles. The van der Waals surface area contributed by atoms with Crippen LogP contribution in [0.4, 0.5) is 4.39 Å². The van der Waals surface area contributed by atoms with Crippen molar-refractivity contribution in [3.8, 4) is 0 Å². The normalized spacial score (nSPS) is 15.2. The Morgan fingerprint density at radius 1 is 1.16 bits per heavy atom. The van der Waals surface area contributed by atoms with E-state index in [1.54, 1.807) is 40.7 Å². The summed E-state index contributed by atoms with van der Waals surface area (Å²) in [5.41, 5.74) is 1.17. The Bertz CT molecular complexity index is 619. The topological polar surface area (TPSA) is 52.6 Å². The molecule has 5 heteroatoms. The fourth-order valence-corrected chi connectivity index (χ4v) is 2.52. The summed E-state index contributed by atoms with van der Waals surface area (Å²) in [5.74, 6) is -1.82. The van der Waals surface area contributed by atoms with Crippen LogP contribution in [0.1, 0.15) is 65.0 Å². The molecule has 0 aromatic heterocycles. The number of esters is 2. The highest BCUT2D eigenvalue weighted by Crippen LogP contribution is 2.26. The SMILES string of the molecule is Cc1cc(F)ccc1[C@H](C)[C@@H](C)OC(=O)[C@@H](C)CC(=O)OC(C)(C)C. The van der Waals surface area contributed by atoms with E-state index in [9.17, 15) is 14.0 Å². The summed E-state index contributed by atoms with van der Waals surface area (Å²) in [4.78, 5) is 24.1. The monoisotopic (exact) mass is 352 g/mol. The van der Waals surface area contributed by atoms with Gasteiger partial charge in [-0.25, -0.2) is 4.39 Å². The molecule has 0 unspecified atom stereocenters. The zero-order valence-corrected chi connectivity index (χ0v) is 16.2. The van der Waals surface area contributed by atoms with Crippen LogP contribution in [0.3, 0.4) is 0 Å². The van der Waals surface area contributed by atoms with Crippen molar-refractivity contribution in [1.82, 2.24) is 0 Å². The van der Waals surface area contributed by atoms with E-state index >= 15 is 0 Å². The molecule has 0 N–H and O–H groups in total. The molecule has 0 spiro atoms. The first-order valence-corrected chi connectivity index (χ1v) is 8.59. The average molecular weight is 352 g/mol. The van der Waals surface area contributed by atoms with Gasteiger partial charge in [0.25, 0.3) is 0 Å². The second-order valence-corrected chi connectivity index (χ2v) is 7.62. The van der Waals surface area contributed by atoms with E-state index in [0.717, 1.165) is 11.1 Å². The predicted octanol–water partition coefficient (Wildman–Crippen LogP) is 4.54. The Morgan fingerprint density at radius 3 is 2.28 bits per heavy atom.